The van der Waals surface area contributed by atoms with Crippen LogP contribution in [0.3, 0.4) is 0 Å². The van der Waals surface area contributed by atoms with Crippen LogP contribution in [0.1, 0.15) is 51.9 Å². The molecule has 0 spiro atoms. The summed E-state index contributed by atoms with van der Waals surface area (Å²) >= 11 is 0. The summed E-state index contributed by atoms with van der Waals surface area (Å²) in [5, 5.41) is 3.45. The fourth-order valence-corrected chi connectivity index (χ4v) is 5.09. The average Bonchev–Trinajstić information content (AvgIpc) is 3.01. The zero-order valence-corrected chi connectivity index (χ0v) is 14.4. The van der Waals surface area contributed by atoms with Crippen molar-refractivity contribution in [2.45, 2.75) is 57.9 Å². The Labute approximate surface area is 130 Å². The molecule has 5 nitrogen and oxygen atoms in total. The van der Waals surface area contributed by atoms with Crippen LogP contribution in [-0.4, -0.2) is 56.3 Å². The monoisotopic (exact) mass is 317 g/mol. The van der Waals surface area contributed by atoms with Gasteiger partial charge in [-0.25, -0.2) is 0 Å². The van der Waals surface area contributed by atoms with Gasteiger partial charge in [-0.15, -0.1) is 0 Å². The van der Waals surface area contributed by atoms with Gasteiger partial charge in [0.2, 0.25) is 0 Å². The first-order valence-electron chi connectivity index (χ1n) is 8.49. The molecule has 2 aliphatic rings. The Hall–Kier alpha value is -0.170. The van der Waals surface area contributed by atoms with Gasteiger partial charge >= 0.3 is 0 Å². The van der Waals surface area contributed by atoms with E-state index in [9.17, 15) is 8.42 Å². The molecule has 6 heteroatoms. The lowest BCUT2D eigenvalue weighted by Crippen LogP contribution is -2.49. The Morgan fingerprint density at radius 3 is 2.33 bits per heavy atom. The summed E-state index contributed by atoms with van der Waals surface area (Å²) < 4.78 is 28.7. The summed E-state index contributed by atoms with van der Waals surface area (Å²) in [6.07, 6.45) is 7.48. The van der Waals surface area contributed by atoms with Crippen molar-refractivity contribution in [3.8, 4) is 0 Å². The molecule has 1 saturated carbocycles. The fourth-order valence-electron chi connectivity index (χ4n) is 3.47. The minimum atomic E-state index is -3.25. The van der Waals surface area contributed by atoms with Crippen LogP contribution in [0.15, 0.2) is 0 Å². The Morgan fingerprint density at radius 2 is 1.76 bits per heavy atom. The molecule has 0 aromatic carbocycles. The molecular formula is C15H31N3O2S. The molecule has 1 N–H and O–H groups in total. The molecule has 1 heterocycles. The van der Waals surface area contributed by atoms with Crippen LogP contribution in [0.2, 0.25) is 0 Å². The minimum absolute atomic E-state index is 0.221. The third-order valence-corrected chi connectivity index (χ3v) is 7.01. The number of hydrogen-bond acceptors (Lipinski definition) is 3. The van der Waals surface area contributed by atoms with Crippen molar-refractivity contribution >= 4 is 10.2 Å². The Kier molecular flexibility index (Phi) is 6.47. The highest BCUT2D eigenvalue weighted by atomic mass is 32.2. The summed E-state index contributed by atoms with van der Waals surface area (Å²) in [6.45, 7) is 5.61. The molecule has 0 atom stereocenters. The van der Waals surface area contributed by atoms with Crippen molar-refractivity contribution in [1.29, 1.82) is 0 Å². The summed E-state index contributed by atoms with van der Waals surface area (Å²) in [5.41, 5.74) is 0. The van der Waals surface area contributed by atoms with E-state index in [-0.39, 0.29) is 6.04 Å². The van der Waals surface area contributed by atoms with Crippen LogP contribution in [0, 0.1) is 5.92 Å². The van der Waals surface area contributed by atoms with Crippen molar-refractivity contribution in [2.24, 2.45) is 5.92 Å². The van der Waals surface area contributed by atoms with Crippen molar-refractivity contribution < 1.29 is 8.42 Å². The van der Waals surface area contributed by atoms with Crippen molar-refractivity contribution in [1.82, 2.24) is 13.9 Å². The van der Waals surface area contributed by atoms with Crippen LogP contribution in [0.5, 0.6) is 0 Å². The van der Waals surface area contributed by atoms with Gasteiger partial charge in [0, 0.05) is 26.2 Å². The van der Waals surface area contributed by atoms with Gasteiger partial charge < -0.3 is 5.32 Å². The van der Waals surface area contributed by atoms with E-state index >= 15 is 0 Å². The van der Waals surface area contributed by atoms with Crippen LogP contribution >= 0.6 is 0 Å². The normalized spacial score (nSPS) is 23.2. The van der Waals surface area contributed by atoms with E-state index in [1.54, 1.807) is 15.7 Å². The molecule has 0 unspecified atom stereocenters. The molecule has 1 saturated heterocycles. The van der Waals surface area contributed by atoms with Crippen LogP contribution in [0.25, 0.3) is 0 Å². The van der Waals surface area contributed by atoms with Gasteiger partial charge in [0.1, 0.15) is 0 Å². The van der Waals surface area contributed by atoms with Crippen LogP contribution in [-0.2, 0) is 10.2 Å². The highest BCUT2D eigenvalue weighted by Gasteiger charge is 2.35. The Balaban J connectivity index is 1.82. The van der Waals surface area contributed by atoms with Crippen molar-refractivity contribution in [3.05, 3.63) is 0 Å². The molecule has 1 aliphatic carbocycles. The molecule has 0 bridgehead atoms. The maximum atomic E-state index is 12.7. The maximum Gasteiger partial charge on any atom is 0.281 e. The Morgan fingerprint density at radius 1 is 1.14 bits per heavy atom. The van der Waals surface area contributed by atoms with Crippen LogP contribution < -0.4 is 5.32 Å². The number of rotatable bonds is 7. The summed E-state index contributed by atoms with van der Waals surface area (Å²) in [5.74, 6) is 0.625. The first kappa shape index (κ1) is 17.2. The van der Waals surface area contributed by atoms with Gasteiger partial charge in [0.25, 0.3) is 10.2 Å². The van der Waals surface area contributed by atoms with Crippen molar-refractivity contribution in [2.75, 3.05) is 33.2 Å². The summed E-state index contributed by atoms with van der Waals surface area (Å²) in [6, 6.07) is 0.221. The third-order valence-electron chi connectivity index (χ3n) is 4.96. The summed E-state index contributed by atoms with van der Waals surface area (Å²) in [4.78, 5) is 0. The largest absolute Gasteiger partial charge is 0.316 e. The van der Waals surface area contributed by atoms with E-state index in [1.807, 2.05) is 0 Å². The SMILES string of the molecule is CCCNCC1CCN(S(=O)(=O)N(C)C2CCCC2)CC1. The zero-order chi connectivity index (χ0) is 15.3. The average molecular weight is 317 g/mol. The van der Waals surface area contributed by atoms with Gasteiger partial charge in [-0.3, -0.25) is 0 Å². The van der Waals surface area contributed by atoms with Gasteiger partial charge in [-0.05, 0) is 51.1 Å². The molecule has 2 fully saturated rings. The first-order valence-corrected chi connectivity index (χ1v) is 9.89. The number of nitrogens with one attached hydrogen (secondary N) is 1. The van der Waals surface area contributed by atoms with E-state index in [4.69, 9.17) is 0 Å². The van der Waals surface area contributed by atoms with E-state index in [0.717, 1.165) is 58.0 Å². The second-order valence-corrected chi connectivity index (χ2v) is 8.50. The van der Waals surface area contributed by atoms with E-state index in [0.29, 0.717) is 19.0 Å². The van der Waals surface area contributed by atoms with Gasteiger partial charge in [-0.1, -0.05) is 19.8 Å². The smallest absolute Gasteiger partial charge is 0.281 e. The van der Waals surface area contributed by atoms with Gasteiger partial charge in [0.15, 0.2) is 0 Å². The molecular weight excluding hydrogens is 286 g/mol. The Bertz CT molecular complexity index is 399. The molecule has 2 rings (SSSR count). The minimum Gasteiger partial charge on any atom is -0.316 e. The van der Waals surface area contributed by atoms with Crippen molar-refractivity contribution in [3.63, 3.8) is 0 Å². The van der Waals surface area contributed by atoms with E-state index in [2.05, 4.69) is 12.2 Å². The molecule has 124 valence electrons. The first-order chi connectivity index (χ1) is 10.1. The number of nitrogens with zero attached hydrogens (tertiary/aromatic N) is 2. The van der Waals surface area contributed by atoms with E-state index in [1.165, 1.54) is 0 Å². The predicted octanol–water partition coefficient (Wildman–Crippen LogP) is 1.82. The molecule has 0 amide bonds. The molecule has 1 aliphatic heterocycles. The lowest BCUT2D eigenvalue weighted by Gasteiger charge is -2.35. The third kappa shape index (κ3) is 4.41. The predicted molar refractivity (Wildman–Crippen MR) is 86.4 cm³/mol. The lowest BCUT2D eigenvalue weighted by molar-refractivity contribution is 0.244. The highest BCUT2D eigenvalue weighted by Crippen LogP contribution is 2.27. The molecule has 0 aromatic heterocycles. The highest BCUT2D eigenvalue weighted by molar-refractivity contribution is 7.86. The second kappa shape index (κ2) is 7.90. The van der Waals surface area contributed by atoms with Gasteiger partial charge in [-0.2, -0.15) is 17.0 Å². The number of hydrogen-bond donors (Lipinski definition) is 1. The van der Waals surface area contributed by atoms with Gasteiger partial charge in [0.05, 0.1) is 0 Å². The summed E-state index contributed by atoms with van der Waals surface area (Å²) in [7, 11) is -1.48. The topological polar surface area (TPSA) is 52.7 Å². The zero-order valence-electron chi connectivity index (χ0n) is 13.6. The molecule has 0 radical (unpaired) electrons. The number of piperidine rings is 1. The van der Waals surface area contributed by atoms with E-state index < -0.39 is 10.2 Å². The quantitative estimate of drug-likeness (QED) is 0.729. The molecule has 0 aromatic rings. The standard InChI is InChI=1S/C15H31N3O2S/c1-3-10-16-13-14-8-11-18(12-9-14)21(19,20)17(2)15-6-4-5-7-15/h14-16H,3-13H2,1-2H3. The second-order valence-electron chi connectivity index (χ2n) is 6.51. The fraction of sp³-hybridized carbons (Fsp3) is 1.00. The molecule has 21 heavy (non-hydrogen) atoms. The lowest BCUT2D eigenvalue weighted by atomic mass is 9.98. The maximum absolute atomic E-state index is 12.7. The van der Waals surface area contributed by atoms with Crippen LogP contribution in [0.4, 0.5) is 0 Å².